The highest BCUT2D eigenvalue weighted by atomic mass is 16.2. The van der Waals surface area contributed by atoms with Crippen molar-refractivity contribution in [2.75, 3.05) is 11.9 Å². The van der Waals surface area contributed by atoms with Gasteiger partial charge in [-0.3, -0.25) is 9.59 Å². The van der Waals surface area contributed by atoms with Gasteiger partial charge in [-0.2, -0.15) is 0 Å². The molecule has 0 aliphatic heterocycles. The molecule has 5 heteroatoms. The summed E-state index contributed by atoms with van der Waals surface area (Å²) < 4.78 is 0. The van der Waals surface area contributed by atoms with Gasteiger partial charge in [0.1, 0.15) is 0 Å². The third-order valence-electron chi connectivity index (χ3n) is 2.94. The second-order valence-electron chi connectivity index (χ2n) is 5.71. The number of benzene rings is 1. The van der Waals surface area contributed by atoms with E-state index in [2.05, 4.69) is 10.6 Å². The Morgan fingerprint density at radius 1 is 1.19 bits per heavy atom. The van der Waals surface area contributed by atoms with E-state index in [0.717, 1.165) is 0 Å². The summed E-state index contributed by atoms with van der Waals surface area (Å²) in [5.74, 6) is 0.0740. The molecule has 1 aromatic carbocycles. The van der Waals surface area contributed by atoms with Gasteiger partial charge >= 0.3 is 0 Å². The number of anilines is 1. The van der Waals surface area contributed by atoms with Crippen molar-refractivity contribution in [1.29, 1.82) is 0 Å². The van der Waals surface area contributed by atoms with Crippen LogP contribution in [0.15, 0.2) is 24.3 Å². The summed E-state index contributed by atoms with van der Waals surface area (Å²) in [4.78, 5) is 24.0. The second kappa shape index (κ2) is 8.42. The van der Waals surface area contributed by atoms with Gasteiger partial charge in [0.25, 0.3) is 5.91 Å². The number of carbonyl (C=O) groups is 2. The highest BCUT2D eigenvalue weighted by Crippen LogP contribution is 2.15. The molecule has 1 rings (SSSR count). The van der Waals surface area contributed by atoms with E-state index in [1.165, 1.54) is 0 Å². The van der Waals surface area contributed by atoms with Crippen LogP contribution in [0.25, 0.3) is 0 Å². The quantitative estimate of drug-likeness (QED) is 0.719. The minimum atomic E-state index is -0.174. The standard InChI is InChI=1S/C16H25N3O2/c1-11(2)10-18-16(21)13-6-4-5-7-14(13)19-15(20)9-8-12(3)17/h4-7,11-12H,8-10,17H2,1-3H3,(H,18,21)(H,19,20). The molecule has 1 aromatic rings. The van der Waals surface area contributed by atoms with Crippen LogP contribution in [0.1, 0.15) is 44.0 Å². The van der Waals surface area contributed by atoms with Gasteiger partial charge in [-0.25, -0.2) is 0 Å². The summed E-state index contributed by atoms with van der Waals surface area (Å²) >= 11 is 0. The van der Waals surface area contributed by atoms with E-state index in [0.29, 0.717) is 36.6 Å². The molecule has 0 spiro atoms. The highest BCUT2D eigenvalue weighted by Gasteiger charge is 2.13. The molecule has 0 aliphatic rings. The fraction of sp³-hybridized carbons (Fsp3) is 0.500. The third-order valence-corrected chi connectivity index (χ3v) is 2.94. The van der Waals surface area contributed by atoms with Crippen LogP contribution >= 0.6 is 0 Å². The van der Waals surface area contributed by atoms with Crippen molar-refractivity contribution >= 4 is 17.5 Å². The minimum absolute atomic E-state index is 0.0136. The lowest BCUT2D eigenvalue weighted by Crippen LogP contribution is -2.28. The number of amides is 2. The van der Waals surface area contributed by atoms with Crippen LogP contribution in [0, 0.1) is 5.92 Å². The third kappa shape index (κ3) is 6.40. The molecule has 21 heavy (non-hydrogen) atoms. The monoisotopic (exact) mass is 291 g/mol. The summed E-state index contributed by atoms with van der Waals surface area (Å²) in [5, 5.41) is 5.63. The van der Waals surface area contributed by atoms with Gasteiger partial charge < -0.3 is 16.4 Å². The van der Waals surface area contributed by atoms with Gasteiger partial charge in [-0.05, 0) is 31.4 Å². The molecular formula is C16H25N3O2. The summed E-state index contributed by atoms with van der Waals surface area (Å²) in [6.07, 6.45) is 0.965. The first-order valence-electron chi connectivity index (χ1n) is 7.32. The zero-order chi connectivity index (χ0) is 15.8. The molecule has 2 amide bonds. The molecule has 0 bridgehead atoms. The van der Waals surface area contributed by atoms with Crippen molar-refractivity contribution < 1.29 is 9.59 Å². The number of rotatable bonds is 7. The Hall–Kier alpha value is -1.88. The van der Waals surface area contributed by atoms with Gasteiger partial charge in [0, 0.05) is 19.0 Å². The number of hydrogen-bond donors (Lipinski definition) is 3. The van der Waals surface area contributed by atoms with Crippen molar-refractivity contribution in [1.82, 2.24) is 5.32 Å². The first kappa shape index (κ1) is 17.2. The molecule has 1 unspecified atom stereocenters. The van der Waals surface area contributed by atoms with E-state index in [9.17, 15) is 9.59 Å². The average Bonchev–Trinajstić information content (AvgIpc) is 2.43. The molecule has 0 aromatic heterocycles. The number of para-hydroxylation sites is 1. The Bertz CT molecular complexity index is 484. The van der Waals surface area contributed by atoms with Crippen LogP contribution in [0.4, 0.5) is 5.69 Å². The molecule has 4 N–H and O–H groups in total. The summed E-state index contributed by atoms with van der Waals surface area (Å²) in [7, 11) is 0. The lowest BCUT2D eigenvalue weighted by Gasteiger charge is -2.13. The lowest BCUT2D eigenvalue weighted by molar-refractivity contribution is -0.116. The van der Waals surface area contributed by atoms with Crippen LogP contribution < -0.4 is 16.4 Å². The Morgan fingerprint density at radius 3 is 2.48 bits per heavy atom. The largest absolute Gasteiger partial charge is 0.352 e. The zero-order valence-electron chi connectivity index (χ0n) is 13.0. The smallest absolute Gasteiger partial charge is 0.253 e. The lowest BCUT2D eigenvalue weighted by atomic mass is 10.1. The molecule has 0 heterocycles. The van der Waals surface area contributed by atoms with Crippen molar-refractivity contribution in [3.63, 3.8) is 0 Å². The van der Waals surface area contributed by atoms with Gasteiger partial charge in [0.15, 0.2) is 0 Å². The number of nitrogens with two attached hydrogens (primary N) is 1. The first-order chi connectivity index (χ1) is 9.90. The van der Waals surface area contributed by atoms with Crippen LogP contribution in [0.2, 0.25) is 0 Å². The van der Waals surface area contributed by atoms with E-state index >= 15 is 0 Å². The maximum Gasteiger partial charge on any atom is 0.253 e. The molecule has 0 saturated heterocycles. The van der Waals surface area contributed by atoms with Gasteiger partial charge in [0.05, 0.1) is 11.3 Å². The zero-order valence-corrected chi connectivity index (χ0v) is 13.0. The van der Waals surface area contributed by atoms with Crippen LogP contribution in [0.3, 0.4) is 0 Å². The molecule has 0 saturated carbocycles. The Kier molecular flexibility index (Phi) is 6.88. The highest BCUT2D eigenvalue weighted by molar-refractivity contribution is 6.03. The van der Waals surface area contributed by atoms with E-state index in [1.807, 2.05) is 20.8 Å². The molecule has 0 aliphatic carbocycles. The van der Waals surface area contributed by atoms with Crippen molar-refractivity contribution in [3.8, 4) is 0 Å². The normalized spacial score (nSPS) is 12.0. The van der Waals surface area contributed by atoms with Crippen molar-refractivity contribution in [2.24, 2.45) is 11.7 Å². The Labute approximate surface area is 126 Å². The van der Waals surface area contributed by atoms with E-state index in [4.69, 9.17) is 5.73 Å². The Balaban J connectivity index is 2.70. The predicted octanol–water partition coefficient (Wildman–Crippen LogP) is 2.14. The maximum absolute atomic E-state index is 12.1. The van der Waals surface area contributed by atoms with Gasteiger partial charge in [0.2, 0.25) is 5.91 Å². The first-order valence-corrected chi connectivity index (χ1v) is 7.32. The second-order valence-corrected chi connectivity index (χ2v) is 5.71. The fourth-order valence-corrected chi connectivity index (χ4v) is 1.75. The molecule has 116 valence electrons. The van der Waals surface area contributed by atoms with E-state index < -0.39 is 0 Å². The van der Waals surface area contributed by atoms with Crippen LogP contribution in [-0.2, 0) is 4.79 Å². The van der Waals surface area contributed by atoms with E-state index in [-0.39, 0.29) is 17.9 Å². The maximum atomic E-state index is 12.1. The van der Waals surface area contributed by atoms with Gasteiger partial charge in [-0.15, -0.1) is 0 Å². The topological polar surface area (TPSA) is 84.2 Å². The predicted molar refractivity (Wildman–Crippen MR) is 85.1 cm³/mol. The van der Waals surface area contributed by atoms with Gasteiger partial charge in [-0.1, -0.05) is 26.0 Å². The molecule has 0 fully saturated rings. The molecule has 1 atom stereocenters. The fourth-order valence-electron chi connectivity index (χ4n) is 1.75. The van der Waals surface area contributed by atoms with Crippen molar-refractivity contribution in [3.05, 3.63) is 29.8 Å². The van der Waals surface area contributed by atoms with Crippen LogP contribution in [-0.4, -0.2) is 24.4 Å². The molecule has 0 radical (unpaired) electrons. The average molecular weight is 291 g/mol. The number of carbonyl (C=O) groups excluding carboxylic acids is 2. The van der Waals surface area contributed by atoms with Crippen LogP contribution in [0.5, 0.6) is 0 Å². The van der Waals surface area contributed by atoms with E-state index in [1.54, 1.807) is 24.3 Å². The summed E-state index contributed by atoms with van der Waals surface area (Å²) in [6.45, 7) is 6.52. The van der Waals surface area contributed by atoms with Crippen molar-refractivity contribution in [2.45, 2.75) is 39.7 Å². The Morgan fingerprint density at radius 2 is 1.86 bits per heavy atom. The summed E-state index contributed by atoms with van der Waals surface area (Å²) in [6, 6.07) is 6.99. The molecule has 5 nitrogen and oxygen atoms in total. The minimum Gasteiger partial charge on any atom is -0.352 e. The summed E-state index contributed by atoms with van der Waals surface area (Å²) in [5.41, 5.74) is 6.65. The SMILES string of the molecule is CC(C)CNC(=O)c1ccccc1NC(=O)CCC(C)N. The number of hydrogen-bond acceptors (Lipinski definition) is 3. The molecular weight excluding hydrogens is 266 g/mol. The number of nitrogens with one attached hydrogen (secondary N) is 2.